The lowest BCUT2D eigenvalue weighted by atomic mass is 9.76. The fraction of sp³-hybridized carbons (Fsp3) is 0.844. The SMILES string of the molecule is C[C@@H]1C[C@@H]2O[C@@H]3[C@@H](C)[C@H](O)[C@@H]4OC5(CCCO5)[C@@H](C)[C@H](C)[C@H]4O[C@H]3C[C@H]2O[C@H]2COC(CC(=O)On3c(O)ccc3O)O[C@@H]2C1. The van der Waals surface area contributed by atoms with Crippen LogP contribution in [0.1, 0.15) is 66.2 Å². The third-order valence-electron chi connectivity index (χ3n) is 11.1. The summed E-state index contributed by atoms with van der Waals surface area (Å²) in [5, 5.41) is 31.2. The van der Waals surface area contributed by atoms with Crippen molar-refractivity contribution < 1.29 is 58.1 Å². The van der Waals surface area contributed by atoms with Gasteiger partial charge >= 0.3 is 5.97 Å². The van der Waals surface area contributed by atoms with E-state index >= 15 is 0 Å². The van der Waals surface area contributed by atoms with E-state index in [1.165, 1.54) is 12.1 Å². The van der Waals surface area contributed by atoms with Crippen molar-refractivity contribution >= 4 is 5.97 Å². The Morgan fingerprint density at radius 3 is 2.29 bits per heavy atom. The van der Waals surface area contributed by atoms with Crippen LogP contribution in [0.15, 0.2) is 12.1 Å². The molecule has 1 spiro atoms. The molecule has 2 unspecified atom stereocenters. The molecule has 6 aliphatic heterocycles. The Bertz CT molecular complexity index is 1200. The predicted octanol–water partition coefficient (Wildman–Crippen LogP) is 2.27. The van der Waals surface area contributed by atoms with E-state index in [1.54, 1.807) is 0 Å². The second-order valence-electron chi connectivity index (χ2n) is 14.1. The molecule has 6 fully saturated rings. The van der Waals surface area contributed by atoms with Crippen LogP contribution in [0.2, 0.25) is 0 Å². The van der Waals surface area contributed by atoms with Gasteiger partial charge in [0, 0.05) is 36.8 Å². The van der Waals surface area contributed by atoms with Gasteiger partial charge in [-0.3, -0.25) is 0 Å². The molecule has 6 aliphatic rings. The Morgan fingerprint density at radius 1 is 0.889 bits per heavy atom. The molecule has 7 heterocycles. The number of aromatic nitrogens is 1. The van der Waals surface area contributed by atoms with Crippen molar-refractivity contribution in [2.75, 3.05) is 13.2 Å². The van der Waals surface area contributed by atoms with Crippen LogP contribution in [0.4, 0.5) is 0 Å². The first-order valence-corrected chi connectivity index (χ1v) is 16.6. The van der Waals surface area contributed by atoms with Crippen LogP contribution in [0.25, 0.3) is 0 Å². The van der Waals surface area contributed by atoms with Crippen molar-refractivity contribution in [3.63, 3.8) is 0 Å². The lowest BCUT2D eigenvalue weighted by molar-refractivity contribution is -0.339. The first kappa shape index (κ1) is 31.6. The summed E-state index contributed by atoms with van der Waals surface area (Å²) < 4.78 is 45.9. The van der Waals surface area contributed by atoms with E-state index < -0.39 is 42.0 Å². The maximum Gasteiger partial charge on any atom is 0.338 e. The lowest BCUT2D eigenvalue weighted by Crippen LogP contribution is -2.60. The molecule has 15 atom stereocenters. The molecule has 0 radical (unpaired) electrons. The van der Waals surface area contributed by atoms with Gasteiger partial charge in [-0.05, 0) is 31.1 Å². The molecule has 0 amide bonds. The van der Waals surface area contributed by atoms with Gasteiger partial charge in [0.2, 0.25) is 11.8 Å². The van der Waals surface area contributed by atoms with Gasteiger partial charge in [-0.25, -0.2) is 4.79 Å². The van der Waals surface area contributed by atoms with Gasteiger partial charge in [0.05, 0.1) is 62.4 Å². The minimum absolute atomic E-state index is 0.108. The van der Waals surface area contributed by atoms with E-state index in [0.29, 0.717) is 24.2 Å². The molecule has 1 aromatic rings. The second-order valence-corrected chi connectivity index (χ2v) is 14.1. The van der Waals surface area contributed by atoms with Crippen molar-refractivity contribution in [3.8, 4) is 11.8 Å². The summed E-state index contributed by atoms with van der Waals surface area (Å²) >= 11 is 0. The number of ether oxygens (including phenoxy) is 7. The highest BCUT2D eigenvalue weighted by molar-refractivity contribution is 5.70. The van der Waals surface area contributed by atoms with E-state index in [-0.39, 0.29) is 79.4 Å². The molecule has 13 heteroatoms. The first-order valence-electron chi connectivity index (χ1n) is 16.6. The number of carbonyl (C=O) groups is 1. The smallest absolute Gasteiger partial charge is 0.338 e. The molecule has 0 aromatic carbocycles. The third kappa shape index (κ3) is 5.77. The molecule has 1 aromatic heterocycles. The second kappa shape index (κ2) is 12.2. The molecule has 7 rings (SSSR count). The monoisotopic (exact) mass is 637 g/mol. The number of aliphatic hydroxyl groups excluding tert-OH is 1. The topological polar surface area (TPSA) is 157 Å². The summed E-state index contributed by atoms with van der Waals surface area (Å²) in [4.78, 5) is 17.6. The van der Waals surface area contributed by atoms with Crippen molar-refractivity contribution in [2.24, 2.45) is 23.7 Å². The summed E-state index contributed by atoms with van der Waals surface area (Å²) in [7, 11) is 0. The number of carbonyl (C=O) groups excluding carboxylic acids is 1. The molecule has 45 heavy (non-hydrogen) atoms. The minimum Gasteiger partial charge on any atom is -0.492 e. The maximum absolute atomic E-state index is 12.5. The Kier molecular flexibility index (Phi) is 8.60. The van der Waals surface area contributed by atoms with Gasteiger partial charge in [0.1, 0.15) is 12.2 Å². The van der Waals surface area contributed by atoms with E-state index in [9.17, 15) is 20.1 Å². The maximum atomic E-state index is 12.5. The summed E-state index contributed by atoms with van der Waals surface area (Å²) in [6.45, 7) is 9.39. The average molecular weight is 638 g/mol. The Hall–Kier alpha value is -1.97. The standard InChI is InChI=1S/C32H47NO12/c1-15-10-19-21(40-23-14-38-27(41-20(23)11-15)13-26(36)45-33-24(34)6-7-25(33)35)12-22-29(42-19)17(3)28(37)31-30(43-22)16(2)18(4)32(44-31)8-5-9-39-32/h6-7,15-23,27-31,34-35,37H,5,8-14H2,1-4H3/t15-,16+,17+,18+,19+,20-,21-,22+,23+,27?,28+,29-,30-,31+,32?/m1/s1. The van der Waals surface area contributed by atoms with Crippen LogP contribution < -0.4 is 4.84 Å². The van der Waals surface area contributed by atoms with E-state index in [4.69, 9.17) is 38.0 Å². The molecular weight excluding hydrogens is 590 g/mol. The van der Waals surface area contributed by atoms with E-state index in [0.717, 1.165) is 19.3 Å². The van der Waals surface area contributed by atoms with Gasteiger partial charge in [0.15, 0.2) is 12.1 Å². The minimum atomic E-state index is -0.858. The van der Waals surface area contributed by atoms with Crippen molar-refractivity contribution in [2.45, 2.75) is 133 Å². The summed E-state index contributed by atoms with van der Waals surface area (Å²) in [5.41, 5.74) is 0. The zero-order valence-electron chi connectivity index (χ0n) is 26.4. The fourth-order valence-electron chi connectivity index (χ4n) is 8.43. The van der Waals surface area contributed by atoms with Crippen LogP contribution in [0, 0.1) is 23.7 Å². The Labute approximate surface area is 262 Å². The van der Waals surface area contributed by atoms with Crippen LogP contribution in [-0.2, 0) is 38.0 Å². The number of aromatic hydroxyl groups is 2. The van der Waals surface area contributed by atoms with E-state index in [2.05, 4.69) is 20.8 Å². The van der Waals surface area contributed by atoms with Crippen molar-refractivity contribution in [1.82, 2.24) is 4.73 Å². The van der Waals surface area contributed by atoms with Gasteiger partial charge in [-0.15, -0.1) is 4.73 Å². The van der Waals surface area contributed by atoms with E-state index in [1.807, 2.05) is 6.92 Å². The number of hydrogen-bond donors (Lipinski definition) is 3. The van der Waals surface area contributed by atoms with Gasteiger partial charge < -0.3 is 53.3 Å². The van der Waals surface area contributed by atoms with Gasteiger partial charge in [-0.2, -0.15) is 0 Å². The molecule has 252 valence electrons. The van der Waals surface area contributed by atoms with Gasteiger partial charge in [0.25, 0.3) is 0 Å². The highest BCUT2D eigenvalue weighted by Crippen LogP contribution is 2.50. The lowest BCUT2D eigenvalue weighted by Gasteiger charge is -2.51. The van der Waals surface area contributed by atoms with Crippen LogP contribution in [-0.4, -0.2) is 106 Å². The van der Waals surface area contributed by atoms with Gasteiger partial charge in [-0.1, -0.05) is 27.7 Å². The molecule has 6 saturated heterocycles. The molecule has 0 saturated carbocycles. The largest absolute Gasteiger partial charge is 0.492 e. The number of fused-ring (bicyclic) bond motifs is 4. The zero-order chi connectivity index (χ0) is 31.6. The first-order chi connectivity index (χ1) is 21.5. The quantitative estimate of drug-likeness (QED) is 0.445. The molecule has 3 N–H and O–H groups in total. The molecule has 0 aliphatic carbocycles. The normalized spacial score (nSPS) is 48.2. The van der Waals surface area contributed by atoms with Crippen molar-refractivity contribution in [1.29, 1.82) is 0 Å². The summed E-state index contributed by atoms with van der Waals surface area (Å²) in [5.74, 6) is -1.98. The summed E-state index contributed by atoms with van der Waals surface area (Å²) in [6, 6.07) is 2.43. The number of hydrogen-bond acceptors (Lipinski definition) is 12. The zero-order valence-corrected chi connectivity index (χ0v) is 26.4. The van der Waals surface area contributed by atoms with Crippen LogP contribution in [0.5, 0.6) is 11.8 Å². The molecule has 13 nitrogen and oxygen atoms in total. The Morgan fingerprint density at radius 2 is 1.58 bits per heavy atom. The molecular formula is C32H47NO12. The van der Waals surface area contributed by atoms with Crippen LogP contribution >= 0.6 is 0 Å². The number of aliphatic hydroxyl groups is 1. The highest BCUT2D eigenvalue weighted by Gasteiger charge is 2.60. The third-order valence-corrected chi connectivity index (χ3v) is 11.1. The van der Waals surface area contributed by atoms with Crippen molar-refractivity contribution in [3.05, 3.63) is 12.1 Å². The average Bonchev–Trinajstić information content (AvgIpc) is 3.58. The van der Waals surface area contributed by atoms with Crippen LogP contribution in [0.3, 0.4) is 0 Å². The Balaban J connectivity index is 1.03. The fourth-order valence-corrected chi connectivity index (χ4v) is 8.43. The number of nitrogens with zero attached hydrogens (tertiary/aromatic N) is 1. The highest BCUT2D eigenvalue weighted by atomic mass is 16.7. The summed E-state index contributed by atoms with van der Waals surface area (Å²) in [6.07, 6.45) is -0.594. The number of rotatable bonds is 3. The predicted molar refractivity (Wildman–Crippen MR) is 154 cm³/mol. The molecule has 0 bridgehead atoms.